The number of rotatable bonds is 5. The first-order valence-electron chi connectivity index (χ1n) is 9.60. The summed E-state index contributed by atoms with van der Waals surface area (Å²) in [7, 11) is -3.90. The van der Waals surface area contributed by atoms with E-state index in [0.717, 1.165) is 26.7 Å². The van der Waals surface area contributed by atoms with Crippen molar-refractivity contribution in [3.05, 3.63) is 93.5 Å². The summed E-state index contributed by atoms with van der Waals surface area (Å²) in [4.78, 5) is 0. The van der Waals surface area contributed by atoms with Crippen molar-refractivity contribution in [2.75, 3.05) is 0 Å². The number of nitrogens with zero attached hydrogens (tertiary/aromatic N) is 1. The summed E-state index contributed by atoms with van der Waals surface area (Å²) in [5.74, 6) is 1.02. The summed E-state index contributed by atoms with van der Waals surface area (Å²) in [5.41, 5.74) is 3.78. The van der Waals surface area contributed by atoms with E-state index in [-0.39, 0.29) is 12.6 Å². The molecule has 3 aromatic rings. The van der Waals surface area contributed by atoms with E-state index in [0.29, 0.717) is 18.1 Å². The lowest BCUT2D eigenvalue weighted by atomic mass is 10.0. The molecular formula is C23H22BrNO4S. The topological polar surface area (TPSA) is 55.8 Å². The predicted molar refractivity (Wildman–Crippen MR) is 120 cm³/mol. The molecule has 0 unspecified atom stereocenters. The van der Waals surface area contributed by atoms with Crippen molar-refractivity contribution in [1.82, 2.24) is 4.31 Å². The Hall–Kier alpha value is -2.35. The van der Waals surface area contributed by atoms with Crippen LogP contribution in [0.1, 0.15) is 35.2 Å². The second-order valence-electron chi connectivity index (χ2n) is 7.31. The third kappa shape index (κ3) is 4.38. The van der Waals surface area contributed by atoms with Gasteiger partial charge >= 0.3 is 10.3 Å². The van der Waals surface area contributed by atoms with E-state index in [1.165, 1.54) is 4.31 Å². The van der Waals surface area contributed by atoms with Crippen LogP contribution < -0.4 is 8.92 Å². The van der Waals surface area contributed by atoms with Crippen molar-refractivity contribution in [2.45, 2.75) is 33.0 Å². The minimum atomic E-state index is -3.90. The van der Waals surface area contributed by atoms with Crippen LogP contribution in [0.2, 0.25) is 0 Å². The van der Waals surface area contributed by atoms with E-state index in [4.69, 9.17) is 8.92 Å². The molecule has 1 aliphatic heterocycles. The molecule has 156 valence electrons. The molecule has 0 saturated heterocycles. The summed E-state index contributed by atoms with van der Waals surface area (Å²) in [6, 6.07) is 20.6. The van der Waals surface area contributed by atoms with E-state index in [2.05, 4.69) is 15.9 Å². The predicted octanol–water partition coefficient (Wildman–Crippen LogP) is 5.54. The molecule has 0 aromatic heterocycles. The van der Waals surface area contributed by atoms with E-state index in [1.54, 1.807) is 12.1 Å². The molecule has 0 spiro atoms. The molecule has 1 heterocycles. The molecule has 0 saturated carbocycles. The van der Waals surface area contributed by atoms with Gasteiger partial charge in [-0.05, 0) is 60.9 Å². The second kappa shape index (κ2) is 8.41. The normalized spacial score (nSPS) is 16.4. The number of ether oxygens (including phenoxy) is 1. The molecule has 7 heteroatoms. The maximum atomic E-state index is 12.8. The fourth-order valence-electron chi connectivity index (χ4n) is 3.55. The number of fused-ring (bicyclic) bond motifs is 1. The van der Waals surface area contributed by atoms with Crippen molar-refractivity contribution in [3.8, 4) is 11.5 Å². The summed E-state index contributed by atoms with van der Waals surface area (Å²) in [6.07, 6.45) is 0. The van der Waals surface area contributed by atoms with Gasteiger partial charge < -0.3 is 8.92 Å². The number of halogens is 1. The highest BCUT2D eigenvalue weighted by molar-refractivity contribution is 9.10. The SMILES string of the molecule is Cc1ccc(Br)cc1[C@@H](C)N1Cc2cc(OCc3ccccc3)ccc2OS1(=O)=O. The summed E-state index contributed by atoms with van der Waals surface area (Å²) < 4.78 is 39.2. The largest absolute Gasteiger partial charge is 0.489 e. The summed E-state index contributed by atoms with van der Waals surface area (Å²) in [6.45, 7) is 4.50. The Morgan fingerprint density at radius 2 is 1.87 bits per heavy atom. The minimum Gasteiger partial charge on any atom is -0.489 e. The van der Waals surface area contributed by atoms with Crippen LogP contribution in [-0.4, -0.2) is 12.7 Å². The molecule has 1 atom stereocenters. The molecule has 3 aromatic carbocycles. The van der Waals surface area contributed by atoms with Gasteiger partial charge in [0.1, 0.15) is 18.1 Å². The van der Waals surface area contributed by atoms with Gasteiger partial charge in [0.2, 0.25) is 0 Å². The number of hydrogen-bond donors (Lipinski definition) is 0. The van der Waals surface area contributed by atoms with Crippen LogP contribution in [0, 0.1) is 6.92 Å². The van der Waals surface area contributed by atoms with Gasteiger partial charge in [-0.15, -0.1) is 0 Å². The van der Waals surface area contributed by atoms with E-state index >= 15 is 0 Å². The van der Waals surface area contributed by atoms with Gasteiger partial charge in [-0.1, -0.05) is 52.3 Å². The van der Waals surface area contributed by atoms with Crippen molar-refractivity contribution >= 4 is 26.2 Å². The minimum absolute atomic E-state index is 0.216. The third-order valence-electron chi connectivity index (χ3n) is 5.21. The van der Waals surface area contributed by atoms with Crippen molar-refractivity contribution in [1.29, 1.82) is 0 Å². The van der Waals surface area contributed by atoms with Crippen LogP contribution in [0.15, 0.2) is 71.2 Å². The molecule has 4 rings (SSSR count). The highest BCUT2D eigenvalue weighted by Gasteiger charge is 2.36. The molecule has 0 bridgehead atoms. The van der Waals surface area contributed by atoms with Crippen LogP contribution in [0.3, 0.4) is 0 Å². The molecule has 0 N–H and O–H groups in total. The van der Waals surface area contributed by atoms with Gasteiger partial charge in [0.25, 0.3) is 0 Å². The fraction of sp³-hybridized carbons (Fsp3) is 0.217. The first kappa shape index (κ1) is 20.9. The highest BCUT2D eigenvalue weighted by atomic mass is 79.9. The quantitative estimate of drug-likeness (QED) is 0.474. The maximum Gasteiger partial charge on any atom is 0.386 e. The van der Waals surface area contributed by atoms with Crippen LogP contribution in [-0.2, 0) is 23.5 Å². The fourth-order valence-corrected chi connectivity index (χ4v) is 5.21. The Bertz CT molecular complexity index is 1170. The highest BCUT2D eigenvalue weighted by Crippen LogP contribution is 2.37. The van der Waals surface area contributed by atoms with E-state index in [1.807, 2.05) is 68.4 Å². The Balaban J connectivity index is 1.59. The summed E-state index contributed by atoms with van der Waals surface area (Å²) >= 11 is 3.47. The zero-order valence-electron chi connectivity index (χ0n) is 16.7. The first-order chi connectivity index (χ1) is 14.3. The Labute approximate surface area is 185 Å². The van der Waals surface area contributed by atoms with Crippen molar-refractivity contribution in [2.24, 2.45) is 0 Å². The lowest BCUT2D eigenvalue weighted by Gasteiger charge is -2.33. The first-order valence-corrected chi connectivity index (χ1v) is 11.8. The molecule has 1 aliphatic rings. The molecule has 0 fully saturated rings. The zero-order valence-corrected chi connectivity index (χ0v) is 19.1. The van der Waals surface area contributed by atoms with E-state index < -0.39 is 10.3 Å². The standard InChI is InChI=1S/C23H22BrNO4S/c1-16-8-9-20(24)13-22(16)17(2)25-14-19-12-21(10-11-23(19)29-30(25,26)27)28-15-18-6-4-3-5-7-18/h3-13,17H,14-15H2,1-2H3/t17-/m1/s1. The van der Waals surface area contributed by atoms with Gasteiger partial charge in [-0.3, -0.25) is 0 Å². The lowest BCUT2D eigenvalue weighted by Crippen LogP contribution is -2.39. The van der Waals surface area contributed by atoms with Gasteiger partial charge in [0, 0.05) is 16.6 Å². The molecule has 30 heavy (non-hydrogen) atoms. The molecule has 0 amide bonds. The third-order valence-corrected chi connectivity index (χ3v) is 7.12. The Morgan fingerprint density at radius 1 is 1.10 bits per heavy atom. The smallest absolute Gasteiger partial charge is 0.386 e. The van der Waals surface area contributed by atoms with Crippen LogP contribution in [0.25, 0.3) is 0 Å². The average Bonchev–Trinajstić information content (AvgIpc) is 2.73. The van der Waals surface area contributed by atoms with Gasteiger partial charge in [0.15, 0.2) is 0 Å². The summed E-state index contributed by atoms with van der Waals surface area (Å²) in [5, 5.41) is 0. The van der Waals surface area contributed by atoms with Gasteiger partial charge in [0.05, 0.1) is 6.04 Å². The van der Waals surface area contributed by atoms with Crippen molar-refractivity contribution < 1.29 is 17.3 Å². The lowest BCUT2D eigenvalue weighted by molar-refractivity contribution is 0.274. The average molecular weight is 488 g/mol. The molecular weight excluding hydrogens is 466 g/mol. The van der Waals surface area contributed by atoms with Crippen LogP contribution >= 0.6 is 15.9 Å². The Kier molecular flexibility index (Phi) is 5.86. The number of aryl methyl sites for hydroxylation is 1. The monoisotopic (exact) mass is 487 g/mol. The molecule has 0 radical (unpaired) electrons. The maximum absolute atomic E-state index is 12.8. The number of benzene rings is 3. The number of hydrogen-bond acceptors (Lipinski definition) is 4. The molecule has 5 nitrogen and oxygen atoms in total. The molecule has 0 aliphatic carbocycles. The second-order valence-corrected chi connectivity index (χ2v) is 9.71. The van der Waals surface area contributed by atoms with Gasteiger partial charge in [-0.25, -0.2) is 0 Å². The van der Waals surface area contributed by atoms with Crippen molar-refractivity contribution in [3.63, 3.8) is 0 Å². The Morgan fingerprint density at radius 3 is 2.63 bits per heavy atom. The van der Waals surface area contributed by atoms with Crippen LogP contribution in [0.5, 0.6) is 11.5 Å². The van der Waals surface area contributed by atoms with Gasteiger partial charge in [-0.2, -0.15) is 12.7 Å². The van der Waals surface area contributed by atoms with E-state index in [9.17, 15) is 8.42 Å². The zero-order chi connectivity index (χ0) is 21.3. The van der Waals surface area contributed by atoms with Crippen LogP contribution in [0.4, 0.5) is 0 Å².